The van der Waals surface area contributed by atoms with Gasteiger partial charge in [0.1, 0.15) is 5.60 Å². The molecule has 1 fully saturated rings. The molecule has 0 saturated carbocycles. The molecule has 0 spiro atoms. The van der Waals surface area contributed by atoms with E-state index in [0.29, 0.717) is 6.04 Å². The van der Waals surface area contributed by atoms with E-state index in [1.54, 1.807) is 0 Å². The highest BCUT2D eigenvalue weighted by Crippen LogP contribution is 2.19. The van der Waals surface area contributed by atoms with Crippen LogP contribution in [0.5, 0.6) is 0 Å². The number of halogens is 1. The number of carbonyl (C=O) groups is 1. The van der Waals surface area contributed by atoms with Crippen LogP contribution in [-0.4, -0.2) is 53.7 Å². The average molecular weight is 397 g/mol. The van der Waals surface area contributed by atoms with Crippen molar-refractivity contribution in [2.24, 2.45) is 0 Å². The van der Waals surface area contributed by atoms with E-state index >= 15 is 0 Å². The smallest absolute Gasteiger partial charge is 0.410 e. The molecule has 5 heteroatoms. The molecule has 0 radical (unpaired) electrons. The van der Waals surface area contributed by atoms with Gasteiger partial charge in [-0.3, -0.25) is 4.90 Å². The molecule has 1 aliphatic rings. The van der Waals surface area contributed by atoms with E-state index in [0.717, 1.165) is 39.0 Å². The number of nitrogens with zero attached hydrogens (tertiary/aromatic N) is 2. The molecule has 24 heavy (non-hydrogen) atoms. The van der Waals surface area contributed by atoms with Crippen LogP contribution in [0, 0.1) is 0 Å². The number of rotatable bonds is 4. The third kappa shape index (κ3) is 5.78. The van der Waals surface area contributed by atoms with Gasteiger partial charge in [-0.2, -0.15) is 0 Å². The van der Waals surface area contributed by atoms with Crippen LogP contribution < -0.4 is 0 Å². The van der Waals surface area contributed by atoms with Gasteiger partial charge in [-0.15, -0.1) is 0 Å². The number of aryl methyl sites for hydroxylation is 1. The Bertz CT molecular complexity index is 557. The van der Waals surface area contributed by atoms with Crippen LogP contribution in [0.3, 0.4) is 0 Å². The molecule has 134 valence electrons. The van der Waals surface area contributed by atoms with Crippen molar-refractivity contribution in [3.8, 4) is 0 Å². The first-order valence-electron chi connectivity index (χ1n) is 8.71. The zero-order valence-electron chi connectivity index (χ0n) is 15.2. The van der Waals surface area contributed by atoms with Gasteiger partial charge < -0.3 is 9.64 Å². The fraction of sp³-hybridized carbons (Fsp3) is 0.632. The summed E-state index contributed by atoms with van der Waals surface area (Å²) < 4.78 is 6.66. The minimum atomic E-state index is -0.430. The molecule has 0 N–H and O–H groups in total. The lowest BCUT2D eigenvalue weighted by molar-refractivity contribution is 0.00571. The number of carbonyl (C=O) groups excluding carboxylic acids is 1. The fourth-order valence-electron chi connectivity index (χ4n) is 2.99. The second kappa shape index (κ2) is 8.34. The molecule has 0 unspecified atom stereocenters. The van der Waals surface area contributed by atoms with Gasteiger partial charge in [0.25, 0.3) is 0 Å². The largest absolute Gasteiger partial charge is 0.444 e. The van der Waals surface area contributed by atoms with Crippen molar-refractivity contribution in [2.75, 3.05) is 26.2 Å². The molecular weight excluding hydrogens is 368 g/mol. The van der Waals surface area contributed by atoms with Crippen molar-refractivity contribution in [1.82, 2.24) is 9.80 Å². The zero-order chi connectivity index (χ0) is 17.7. The number of ether oxygens (including phenoxy) is 1. The predicted molar refractivity (Wildman–Crippen MR) is 101 cm³/mol. The number of hydrogen-bond donors (Lipinski definition) is 0. The maximum Gasteiger partial charge on any atom is 0.410 e. The maximum absolute atomic E-state index is 12.2. The first-order chi connectivity index (χ1) is 11.3. The lowest BCUT2D eigenvalue weighted by atomic mass is 10.1. The van der Waals surface area contributed by atoms with Crippen molar-refractivity contribution < 1.29 is 9.53 Å². The van der Waals surface area contributed by atoms with Crippen LogP contribution >= 0.6 is 15.9 Å². The Hall–Kier alpha value is -1.07. The topological polar surface area (TPSA) is 32.8 Å². The Morgan fingerprint density at radius 3 is 2.62 bits per heavy atom. The van der Waals surface area contributed by atoms with Crippen molar-refractivity contribution >= 4 is 22.0 Å². The number of hydrogen-bond acceptors (Lipinski definition) is 3. The summed E-state index contributed by atoms with van der Waals surface area (Å²) in [6.45, 7) is 11.4. The number of piperazine rings is 1. The third-order valence-electron chi connectivity index (χ3n) is 4.27. The van der Waals surface area contributed by atoms with Gasteiger partial charge in [-0.1, -0.05) is 34.1 Å². The highest BCUT2D eigenvalue weighted by Gasteiger charge is 2.29. The third-order valence-corrected chi connectivity index (χ3v) is 5.04. The Morgan fingerprint density at radius 2 is 2.00 bits per heavy atom. The van der Waals surface area contributed by atoms with Gasteiger partial charge in [0.2, 0.25) is 0 Å². The van der Waals surface area contributed by atoms with Crippen LogP contribution in [0.25, 0.3) is 0 Å². The van der Waals surface area contributed by atoms with E-state index in [4.69, 9.17) is 4.74 Å². The van der Waals surface area contributed by atoms with Crippen LogP contribution in [0.15, 0.2) is 28.7 Å². The normalized spacial score (nSPS) is 19.4. The molecule has 4 nitrogen and oxygen atoms in total. The second-order valence-corrected chi connectivity index (χ2v) is 8.36. The lowest BCUT2D eigenvalue weighted by Crippen LogP contribution is -2.54. The second-order valence-electron chi connectivity index (χ2n) is 7.51. The van der Waals surface area contributed by atoms with Crippen LogP contribution in [0.2, 0.25) is 0 Å². The SMILES string of the molecule is C[C@@H]1CN(C(=O)OC(C)(C)C)CCN1CCCc1ccccc1Br. The molecular formula is C19H29BrN2O2. The Labute approximate surface area is 154 Å². The van der Waals surface area contributed by atoms with Gasteiger partial charge in [0, 0.05) is 30.1 Å². The molecule has 1 aromatic carbocycles. The zero-order valence-corrected chi connectivity index (χ0v) is 16.8. The van der Waals surface area contributed by atoms with E-state index in [1.165, 1.54) is 10.0 Å². The van der Waals surface area contributed by atoms with Crippen LogP contribution in [0.4, 0.5) is 4.79 Å². The van der Waals surface area contributed by atoms with Crippen LogP contribution in [-0.2, 0) is 11.2 Å². The summed E-state index contributed by atoms with van der Waals surface area (Å²) >= 11 is 3.61. The van der Waals surface area contributed by atoms with Gasteiger partial charge in [-0.25, -0.2) is 4.79 Å². The van der Waals surface area contributed by atoms with E-state index in [1.807, 2.05) is 31.7 Å². The Morgan fingerprint density at radius 1 is 1.29 bits per heavy atom. The highest BCUT2D eigenvalue weighted by molar-refractivity contribution is 9.10. The summed E-state index contributed by atoms with van der Waals surface area (Å²) in [6, 6.07) is 8.77. The molecule has 1 amide bonds. The minimum Gasteiger partial charge on any atom is -0.444 e. The first-order valence-corrected chi connectivity index (χ1v) is 9.51. The van der Waals surface area contributed by atoms with E-state index < -0.39 is 5.60 Å². The summed E-state index contributed by atoms with van der Waals surface area (Å²) in [6.07, 6.45) is 2.00. The summed E-state index contributed by atoms with van der Waals surface area (Å²) in [5.74, 6) is 0. The van der Waals surface area contributed by atoms with Gasteiger partial charge in [0.05, 0.1) is 0 Å². The molecule has 1 atom stereocenters. The predicted octanol–water partition coefficient (Wildman–Crippen LogP) is 4.32. The molecule has 1 heterocycles. The van der Waals surface area contributed by atoms with Crippen molar-refractivity contribution in [2.45, 2.75) is 52.2 Å². The molecule has 0 bridgehead atoms. The summed E-state index contributed by atoms with van der Waals surface area (Å²) in [4.78, 5) is 16.5. The molecule has 1 aliphatic heterocycles. The summed E-state index contributed by atoms with van der Waals surface area (Å²) in [5.41, 5.74) is 0.929. The van der Waals surface area contributed by atoms with E-state index in [-0.39, 0.29) is 6.09 Å². The van der Waals surface area contributed by atoms with Crippen LogP contribution in [0.1, 0.15) is 39.7 Å². The van der Waals surface area contributed by atoms with Gasteiger partial charge >= 0.3 is 6.09 Å². The molecule has 2 rings (SSSR count). The minimum absolute atomic E-state index is 0.192. The fourth-order valence-corrected chi connectivity index (χ4v) is 3.48. The summed E-state index contributed by atoms with van der Waals surface area (Å²) in [7, 11) is 0. The van der Waals surface area contributed by atoms with Gasteiger partial charge in [0.15, 0.2) is 0 Å². The molecule has 0 aliphatic carbocycles. The highest BCUT2D eigenvalue weighted by atomic mass is 79.9. The monoisotopic (exact) mass is 396 g/mol. The lowest BCUT2D eigenvalue weighted by Gasteiger charge is -2.40. The first kappa shape index (κ1) is 19.3. The van der Waals surface area contributed by atoms with Crippen molar-refractivity contribution in [3.63, 3.8) is 0 Å². The Kier molecular flexibility index (Phi) is 6.70. The molecule has 1 aromatic rings. The summed E-state index contributed by atoms with van der Waals surface area (Å²) in [5, 5.41) is 0. The van der Waals surface area contributed by atoms with Gasteiger partial charge in [-0.05, 0) is 58.7 Å². The van der Waals surface area contributed by atoms with E-state index in [2.05, 4.69) is 46.0 Å². The van der Waals surface area contributed by atoms with Crippen molar-refractivity contribution in [3.05, 3.63) is 34.3 Å². The average Bonchev–Trinajstić information content (AvgIpc) is 2.49. The molecule has 1 saturated heterocycles. The standard InChI is InChI=1S/C19H29BrN2O2/c1-15-14-22(18(23)24-19(2,3)4)13-12-21(15)11-7-9-16-8-5-6-10-17(16)20/h5-6,8,10,15H,7,9,11-14H2,1-4H3/t15-/m1/s1. The van der Waals surface area contributed by atoms with E-state index in [9.17, 15) is 4.79 Å². The number of benzene rings is 1. The number of amides is 1. The Balaban J connectivity index is 1.77. The maximum atomic E-state index is 12.2. The quantitative estimate of drug-likeness (QED) is 0.759. The van der Waals surface area contributed by atoms with Crippen molar-refractivity contribution in [1.29, 1.82) is 0 Å². The molecule has 0 aromatic heterocycles.